The van der Waals surface area contributed by atoms with E-state index in [1.807, 2.05) is 43.3 Å². The zero-order chi connectivity index (χ0) is 21.5. The summed E-state index contributed by atoms with van der Waals surface area (Å²) < 4.78 is 9.52. The van der Waals surface area contributed by atoms with Crippen molar-refractivity contribution in [1.29, 1.82) is 0 Å². The fourth-order valence-corrected chi connectivity index (χ4v) is 4.69. The van der Waals surface area contributed by atoms with Gasteiger partial charge in [0.05, 0.1) is 11.2 Å². The molecule has 0 atom stereocenters. The van der Waals surface area contributed by atoms with Gasteiger partial charge in [-0.05, 0) is 42.1 Å². The second-order valence-corrected chi connectivity index (χ2v) is 8.78. The van der Waals surface area contributed by atoms with Crippen LogP contribution < -0.4 is 11.2 Å². The Hall–Kier alpha value is -3.30. The molecule has 0 saturated heterocycles. The largest absolute Gasteiger partial charge is 0.337 e. The third-order valence-electron chi connectivity index (χ3n) is 4.96. The highest BCUT2D eigenvalue weighted by atomic mass is 79.9. The monoisotopic (exact) mass is 494 g/mol. The van der Waals surface area contributed by atoms with Gasteiger partial charge in [-0.25, -0.2) is 9.36 Å². The molecule has 31 heavy (non-hydrogen) atoms. The van der Waals surface area contributed by atoms with Crippen molar-refractivity contribution >= 4 is 37.5 Å². The van der Waals surface area contributed by atoms with Gasteiger partial charge < -0.3 is 4.52 Å². The van der Waals surface area contributed by atoms with Gasteiger partial charge in [-0.2, -0.15) is 4.98 Å². The molecule has 0 bridgehead atoms. The van der Waals surface area contributed by atoms with E-state index >= 15 is 0 Å². The average Bonchev–Trinajstić information content (AvgIpc) is 3.42. The van der Waals surface area contributed by atoms with Crippen LogP contribution in [0.5, 0.6) is 0 Å². The molecule has 0 N–H and O–H groups in total. The molecule has 0 unspecified atom stereocenters. The maximum Gasteiger partial charge on any atom is 0.336 e. The number of hydrogen-bond donors (Lipinski definition) is 0. The highest BCUT2D eigenvalue weighted by molar-refractivity contribution is 9.10. The Morgan fingerprint density at radius 3 is 2.74 bits per heavy atom. The van der Waals surface area contributed by atoms with Crippen LogP contribution in [0.25, 0.3) is 27.3 Å². The maximum atomic E-state index is 13.4. The Bertz CT molecular complexity index is 1550. The summed E-state index contributed by atoms with van der Waals surface area (Å²) in [5.41, 5.74) is 1.95. The molecule has 0 saturated carbocycles. The lowest BCUT2D eigenvalue weighted by Crippen LogP contribution is -2.39. The minimum Gasteiger partial charge on any atom is -0.337 e. The number of benzene rings is 2. The number of halogens is 1. The first kappa shape index (κ1) is 19.7. The summed E-state index contributed by atoms with van der Waals surface area (Å²) in [6.07, 6.45) is 0. The predicted molar refractivity (Wildman–Crippen MR) is 123 cm³/mol. The summed E-state index contributed by atoms with van der Waals surface area (Å²) in [6, 6.07) is 16.6. The summed E-state index contributed by atoms with van der Waals surface area (Å²) in [4.78, 5) is 31.0. The molecule has 2 aromatic carbocycles. The smallest absolute Gasteiger partial charge is 0.336 e. The number of thiophene rings is 1. The number of fused-ring (bicyclic) bond motifs is 1. The summed E-state index contributed by atoms with van der Waals surface area (Å²) in [5, 5.41) is 5.84. The van der Waals surface area contributed by atoms with Crippen molar-refractivity contribution in [2.45, 2.75) is 13.5 Å². The first-order valence-corrected chi connectivity index (χ1v) is 11.1. The number of nitrogens with zero attached hydrogens (tertiary/aromatic N) is 4. The number of para-hydroxylation sites is 1. The topological polar surface area (TPSA) is 82.9 Å². The minimum absolute atomic E-state index is 0.0548. The van der Waals surface area contributed by atoms with Crippen LogP contribution in [0.15, 0.2) is 78.6 Å². The van der Waals surface area contributed by atoms with E-state index in [4.69, 9.17) is 4.52 Å². The summed E-state index contributed by atoms with van der Waals surface area (Å²) in [5.74, 6) is 0.706. The Balaban J connectivity index is 1.65. The molecule has 3 heterocycles. The van der Waals surface area contributed by atoms with E-state index in [9.17, 15) is 9.59 Å². The Morgan fingerprint density at radius 1 is 1.10 bits per heavy atom. The number of rotatable bonds is 4. The first-order chi connectivity index (χ1) is 15.0. The van der Waals surface area contributed by atoms with E-state index < -0.39 is 5.69 Å². The fourth-order valence-electron chi connectivity index (χ4n) is 3.47. The SMILES string of the molecule is Cc1ccccc1-n1c(=O)c2sccc2n(Cc2nc(-c3cccc(Br)c3)no2)c1=O. The Kier molecular flexibility index (Phi) is 4.91. The second-order valence-electron chi connectivity index (χ2n) is 6.95. The molecule has 0 aliphatic carbocycles. The van der Waals surface area contributed by atoms with Crippen LogP contribution in [0.2, 0.25) is 0 Å². The normalized spacial score (nSPS) is 11.3. The molecule has 0 spiro atoms. The Morgan fingerprint density at radius 2 is 1.94 bits per heavy atom. The third kappa shape index (κ3) is 3.45. The van der Waals surface area contributed by atoms with Crippen LogP contribution in [0, 0.1) is 6.92 Å². The molecule has 5 aromatic rings. The van der Waals surface area contributed by atoms with E-state index in [1.165, 1.54) is 20.5 Å². The fraction of sp³-hybridized carbons (Fsp3) is 0.0909. The van der Waals surface area contributed by atoms with Gasteiger partial charge in [0.1, 0.15) is 11.2 Å². The predicted octanol–water partition coefficient (Wildman–Crippen LogP) is 4.38. The van der Waals surface area contributed by atoms with Gasteiger partial charge in [0.2, 0.25) is 11.7 Å². The molecule has 5 rings (SSSR count). The summed E-state index contributed by atoms with van der Waals surface area (Å²) in [6.45, 7) is 1.92. The molecule has 7 nitrogen and oxygen atoms in total. The molecule has 0 radical (unpaired) electrons. The average molecular weight is 495 g/mol. The number of hydrogen-bond acceptors (Lipinski definition) is 6. The van der Waals surface area contributed by atoms with Gasteiger partial charge in [-0.3, -0.25) is 9.36 Å². The van der Waals surface area contributed by atoms with Crippen LogP contribution in [-0.4, -0.2) is 19.3 Å². The van der Waals surface area contributed by atoms with Gasteiger partial charge in [0, 0.05) is 10.0 Å². The minimum atomic E-state index is -0.451. The van der Waals surface area contributed by atoms with Gasteiger partial charge >= 0.3 is 5.69 Å². The highest BCUT2D eigenvalue weighted by Gasteiger charge is 2.19. The summed E-state index contributed by atoms with van der Waals surface area (Å²) in [7, 11) is 0. The third-order valence-corrected chi connectivity index (χ3v) is 6.34. The molecule has 9 heteroatoms. The molecular formula is C22H15BrN4O3S. The van der Waals surface area contributed by atoms with Crippen LogP contribution in [0.4, 0.5) is 0 Å². The van der Waals surface area contributed by atoms with Gasteiger partial charge in [0.25, 0.3) is 5.56 Å². The Labute approximate surface area is 188 Å². The van der Waals surface area contributed by atoms with Crippen molar-refractivity contribution in [2.75, 3.05) is 0 Å². The van der Waals surface area contributed by atoms with Crippen LogP contribution in [0.1, 0.15) is 11.5 Å². The lowest BCUT2D eigenvalue weighted by atomic mass is 10.2. The van der Waals surface area contributed by atoms with E-state index in [0.29, 0.717) is 21.7 Å². The summed E-state index contributed by atoms with van der Waals surface area (Å²) >= 11 is 4.73. The highest BCUT2D eigenvalue weighted by Crippen LogP contribution is 2.22. The van der Waals surface area contributed by atoms with Crippen molar-refractivity contribution in [3.63, 3.8) is 0 Å². The zero-order valence-corrected chi connectivity index (χ0v) is 18.7. The zero-order valence-electron chi connectivity index (χ0n) is 16.3. The number of aryl methyl sites for hydroxylation is 1. The molecule has 0 aliphatic heterocycles. The van der Waals surface area contributed by atoms with Crippen LogP contribution in [-0.2, 0) is 6.54 Å². The van der Waals surface area contributed by atoms with E-state index in [1.54, 1.807) is 23.6 Å². The molecule has 3 aromatic heterocycles. The van der Waals surface area contributed by atoms with Crippen LogP contribution >= 0.6 is 27.3 Å². The van der Waals surface area contributed by atoms with Crippen molar-refractivity contribution < 1.29 is 4.52 Å². The first-order valence-electron chi connectivity index (χ1n) is 9.40. The molecule has 0 amide bonds. The van der Waals surface area contributed by atoms with Crippen molar-refractivity contribution in [3.8, 4) is 17.1 Å². The van der Waals surface area contributed by atoms with Crippen molar-refractivity contribution in [1.82, 2.24) is 19.3 Å². The van der Waals surface area contributed by atoms with Gasteiger partial charge in [-0.15, -0.1) is 11.3 Å². The molecule has 0 aliphatic rings. The number of aromatic nitrogens is 4. The second kappa shape index (κ2) is 7.75. The quantitative estimate of drug-likeness (QED) is 0.370. The lowest BCUT2D eigenvalue weighted by molar-refractivity contribution is 0.370. The van der Waals surface area contributed by atoms with E-state index in [0.717, 1.165) is 15.6 Å². The molecular weight excluding hydrogens is 480 g/mol. The van der Waals surface area contributed by atoms with E-state index in [2.05, 4.69) is 26.1 Å². The molecule has 0 fully saturated rings. The van der Waals surface area contributed by atoms with Crippen molar-refractivity contribution in [3.05, 3.63) is 96.7 Å². The molecule has 154 valence electrons. The maximum absolute atomic E-state index is 13.4. The van der Waals surface area contributed by atoms with E-state index in [-0.39, 0.29) is 18.0 Å². The van der Waals surface area contributed by atoms with Gasteiger partial charge in [-0.1, -0.05) is 51.4 Å². The standard InChI is InChI=1S/C22H15BrN4O3S/c1-13-5-2-3-8-16(13)27-21(28)19-17(9-10-31-19)26(22(27)29)12-18-24-20(25-30-18)14-6-4-7-15(23)11-14/h2-11H,12H2,1H3. The van der Waals surface area contributed by atoms with Gasteiger partial charge in [0.15, 0.2) is 0 Å². The van der Waals surface area contributed by atoms with Crippen molar-refractivity contribution in [2.24, 2.45) is 0 Å². The lowest BCUT2D eigenvalue weighted by Gasteiger charge is -2.12. The van der Waals surface area contributed by atoms with Crippen LogP contribution in [0.3, 0.4) is 0 Å².